The zero-order chi connectivity index (χ0) is 52.0. The van der Waals surface area contributed by atoms with Crippen molar-refractivity contribution < 1.29 is 74.5 Å². The van der Waals surface area contributed by atoms with E-state index in [2.05, 4.69) is 54.2 Å². The van der Waals surface area contributed by atoms with Gasteiger partial charge in [0, 0.05) is 42.7 Å². The minimum Gasteiger partial charge on any atom is -0.420 e. The number of carbonyl (C=O) groups excluding carboxylic acids is 1. The number of likely N-dealkylation sites (N-methyl/N-ethyl adjacent to an activating group) is 1. The summed E-state index contributed by atoms with van der Waals surface area (Å²) in [4.78, 5) is 23.7. The van der Waals surface area contributed by atoms with Gasteiger partial charge in [-0.1, -0.05) is 26.8 Å². The number of rotatable bonds is 46. The zero-order valence-electron chi connectivity index (χ0n) is 42.8. The molecule has 2 aromatic rings. The molecule has 0 unspecified atom stereocenters. The Morgan fingerprint density at radius 3 is 1.53 bits per heavy atom. The van der Waals surface area contributed by atoms with Crippen molar-refractivity contribution in [3.8, 4) is 5.75 Å². The van der Waals surface area contributed by atoms with Crippen molar-refractivity contribution in [1.29, 1.82) is 0 Å². The third-order valence-corrected chi connectivity index (χ3v) is 11.8. The Labute approximate surface area is 428 Å². The van der Waals surface area contributed by atoms with Gasteiger partial charge in [-0.25, -0.2) is 13.8 Å². The van der Waals surface area contributed by atoms with E-state index < -0.39 is 41.4 Å². The monoisotopic (exact) mass is 1050 g/mol. The van der Waals surface area contributed by atoms with Crippen molar-refractivity contribution in [2.75, 3.05) is 165 Å². The number of carbonyl (C=O) groups is 1. The van der Waals surface area contributed by atoms with Gasteiger partial charge < -0.3 is 67.6 Å². The van der Waals surface area contributed by atoms with E-state index in [1.165, 1.54) is 21.7 Å². The lowest BCUT2D eigenvalue weighted by Gasteiger charge is -2.27. The van der Waals surface area contributed by atoms with Crippen molar-refractivity contribution in [3.05, 3.63) is 63.0 Å². The molecule has 72 heavy (non-hydrogen) atoms. The molecule has 2 N–H and O–H groups in total. The smallest absolute Gasteiger partial charge is 0.313 e. The van der Waals surface area contributed by atoms with Crippen molar-refractivity contribution in [3.63, 3.8) is 0 Å². The van der Waals surface area contributed by atoms with Crippen LogP contribution in [0.3, 0.4) is 0 Å². The Kier molecular flexibility index (Phi) is 34.7. The van der Waals surface area contributed by atoms with Crippen LogP contribution in [0.1, 0.15) is 68.5 Å². The number of aryl methyl sites for hydroxylation is 1. The molecule has 1 aliphatic heterocycles. The fourth-order valence-electron chi connectivity index (χ4n) is 6.90. The number of unbranched alkanes of at least 4 members (excludes halogenated alkanes) is 2. The van der Waals surface area contributed by atoms with Crippen LogP contribution >= 0.6 is 11.3 Å². The van der Waals surface area contributed by atoms with E-state index in [0.29, 0.717) is 125 Å². The number of allylic oxidation sites excluding steroid dienone is 1. The summed E-state index contributed by atoms with van der Waals surface area (Å²) in [5, 5.41) is 0. The molecule has 0 amide bonds. The third kappa shape index (κ3) is 27.6. The summed E-state index contributed by atoms with van der Waals surface area (Å²) in [5.41, 5.74) is 9.58. The van der Waals surface area contributed by atoms with E-state index in [9.17, 15) is 22.4 Å². The number of thiophene rings is 1. The average Bonchev–Trinajstić information content (AvgIpc) is 3.66. The molecule has 1 aromatic carbocycles. The van der Waals surface area contributed by atoms with Crippen LogP contribution < -0.4 is 10.5 Å². The molecule has 0 saturated carbocycles. The van der Waals surface area contributed by atoms with Crippen LogP contribution in [0.5, 0.6) is 5.75 Å². The van der Waals surface area contributed by atoms with Gasteiger partial charge in [0.15, 0.2) is 11.6 Å². The third-order valence-electron chi connectivity index (χ3n) is 10.6. The number of halogens is 4. The van der Waals surface area contributed by atoms with E-state index in [1.54, 1.807) is 0 Å². The van der Waals surface area contributed by atoms with Gasteiger partial charge in [0.2, 0.25) is 17.4 Å². The van der Waals surface area contributed by atoms with Gasteiger partial charge in [-0.15, -0.1) is 11.3 Å². The summed E-state index contributed by atoms with van der Waals surface area (Å²) in [7, 11) is 2.14. The van der Waals surface area contributed by atoms with E-state index in [-0.39, 0.29) is 25.9 Å². The van der Waals surface area contributed by atoms with E-state index in [0.717, 1.165) is 69.7 Å². The number of nitrogens with two attached hydrogens (primary N) is 1. The fraction of sp³-hybridized carbons (Fsp3) is 0.686. The van der Waals surface area contributed by atoms with Gasteiger partial charge in [-0.05, 0) is 63.4 Å². The number of benzene rings is 1. The van der Waals surface area contributed by atoms with Crippen LogP contribution in [0.25, 0.3) is 6.08 Å². The first-order chi connectivity index (χ1) is 35.0. The molecule has 21 heteroatoms. The fourth-order valence-corrected chi connectivity index (χ4v) is 8.01. The molecule has 0 saturated heterocycles. The number of ether oxygens (including phenoxy) is 11. The van der Waals surface area contributed by atoms with E-state index >= 15 is 0 Å². The van der Waals surface area contributed by atoms with Crippen LogP contribution in [0, 0.1) is 23.3 Å². The van der Waals surface area contributed by atoms with Crippen molar-refractivity contribution >= 4 is 34.9 Å². The van der Waals surface area contributed by atoms with Crippen LogP contribution in [0.15, 0.2) is 35.0 Å². The second-order valence-electron chi connectivity index (χ2n) is 16.6. The highest BCUT2D eigenvalue weighted by atomic mass is 32.1. The molecule has 0 spiro atoms. The van der Waals surface area contributed by atoms with Gasteiger partial charge >= 0.3 is 5.97 Å². The first-order valence-corrected chi connectivity index (χ1v) is 26.0. The SMILES string of the molecule is C=C(C1=Cc2sc(CCCCCN(C)CCOCCOCCOCCOCCOCCOCCOCCOCCOCCOCCC(=O)Oc3c(F)c(F)cc(F)c3F)cc2N=C(N)C1)N(CCC)CCC. The zero-order valence-corrected chi connectivity index (χ0v) is 43.6. The van der Waals surface area contributed by atoms with Crippen LogP contribution in [-0.2, 0) is 58.6 Å². The molecule has 0 aliphatic carbocycles. The molecule has 1 aromatic heterocycles. The standard InChI is InChI=1S/C51H80F4N4O12S/c1-5-12-59(13-6-2)40(3)41-36-46-45(57-47(56)37-41)38-42(72-46)10-8-7-9-14-58(4)15-17-62-19-21-64-23-25-66-27-29-68-31-33-70-35-34-69-32-30-67-28-26-65-24-22-63-20-18-61-16-11-48(60)71-51-49(54)43(52)39-44(53)50(51)55/h36,38-39H,3,5-35,37H2,1-2,4H3,(H2,56,57). The van der Waals surface area contributed by atoms with Crippen LogP contribution in [-0.4, -0.2) is 187 Å². The maximum Gasteiger partial charge on any atom is 0.313 e. The molecule has 0 fully saturated rings. The number of nitrogens with zero attached hydrogens (tertiary/aromatic N) is 3. The first kappa shape index (κ1) is 62.7. The predicted octanol–water partition coefficient (Wildman–Crippen LogP) is 7.52. The molecule has 410 valence electrons. The Balaban J connectivity index is 0.982. The van der Waals surface area contributed by atoms with Gasteiger partial charge in [0.25, 0.3) is 0 Å². The van der Waals surface area contributed by atoms with Gasteiger partial charge in [0.05, 0.1) is 149 Å². The molecule has 0 bridgehead atoms. The summed E-state index contributed by atoms with van der Waals surface area (Å²) in [6, 6.07) is 2.23. The largest absolute Gasteiger partial charge is 0.420 e. The number of fused-ring (bicyclic) bond motifs is 1. The number of amidine groups is 1. The lowest BCUT2D eigenvalue weighted by Crippen LogP contribution is -2.26. The van der Waals surface area contributed by atoms with Crippen LogP contribution in [0.4, 0.5) is 23.2 Å². The maximum atomic E-state index is 13.6. The molecule has 1 aliphatic rings. The number of esters is 1. The Hall–Kier alpha value is -3.58. The highest BCUT2D eigenvalue weighted by molar-refractivity contribution is 7.13. The van der Waals surface area contributed by atoms with Gasteiger partial charge in [0.1, 0.15) is 5.84 Å². The van der Waals surface area contributed by atoms with Crippen molar-refractivity contribution in [1.82, 2.24) is 9.80 Å². The summed E-state index contributed by atoms with van der Waals surface area (Å²) in [6.45, 7) is 20.7. The molecule has 2 heterocycles. The quantitative estimate of drug-likeness (QED) is 0.0228. The lowest BCUT2D eigenvalue weighted by atomic mass is 10.1. The van der Waals surface area contributed by atoms with E-state index in [1.807, 2.05) is 11.3 Å². The summed E-state index contributed by atoms with van der Waals surface area (Å²) < 4.78 is 113. The first-order valence-electron chi connectivity index (χ1n) is 25.1. The van der Waals surface area contributed by atoms with Gasteiger partial charge in [-0.2, -0.15) is 8.78 Å². The molecule has 0 atom stereocenters. The van der Waals surface area contributed by atoms with Crippen LogP contribution in [0.2, 0.25) is 0 Å². The van der Waals surface area contributed by atoms with Gasteiger partial charge in [-0.3, -0.25) is 4.79 Å². The number of hydrogen-bond acceptors (Lipinski definition) is 17. The molecule has 16 nitrogen and oxygen atoms in total. The van der Waals surface area contributed by atoms with Crippen molar-refractivity contribution in [2.45, 2.75) is 65.2 Å². The molecule has 3 rings (SSSR count). The summed E-state index contributed by atoms with van der Waals surface area (Å²) in [5.74, 6) is -8.83. The maximum absolute atomic E-state index is 13.6. The lowest BCUT2D eigenvalue weighted by molar-refractivity contribution is -0.136. The van der Waals surface area contributed by atoms with E-state index in [4.69, 9.17) is 58.1 Å². The highest BCUT2D eigenvalue weighted by Crippen LogP contribution is 2.37. The summed E-state index contributed by atoms with van der Waals surface area (Å²) >= 11 is 1.83. The Morgan fingerprint density at radius 1 is 0.625 bits per heavy atom. The highest BCUT2D eigenvalue weighted by Gasteiger charge is 2.23. The van der Waals surface area contributed by atoms with Crippen molar-refractivity contribution in [2.24, 2.45) is 10.7 Å². The minimum absolute atomic E-state index is 0.0209. The normalized spacial score (nSPS) is 12.6. The molecule has 0 radical (unpaired) electrons. The predicted molar refractivity (Wildman–Crippen MR) is 269 cm³/mol. The topological polar surface area (TPSA) is 163 Å². The second kappa shape index (κ2) is 39.8. The Bertz CT molecular complexity index is 1830. The number of hydrogen-bond donors (Lipinski definition) is 1. The summed E-state index contributed by atoms with van der Waals surface area (Å²) in [6.07, 6.45) is 9.18. The minimum atomic E-state index is -1.79. The molecular formula is C51H80F4N4O12S. The molecular weight excluding hydrogens is 969 g/mol. The second-order valence-corrected chi connectivity index (χ2v) is 17.8. The average molecular weight is 1050 g/mol. The number of aliphatic imine (C=N–C) groups is 1. The Morgan fingerprint density at radius 2 is 1.07 bits per heavy atom.